The Balaban J connectivity index is 2.30. The van der Waals surface area contributed by atoms with Crippen molar-refractivity contribution >= 4 is 11.0 Å². The van der Waals surface area contributed by atoms with Gasteiger partial charge in [0.15, 0.2) is 0 Å². The molecule has 0 amide bonds. The zero-order chi connectivity index (χ0) is 12.0. The number of fused-ring (bicyclic) bond motifs is 1. The maximum Gasteiger partial charge on any atom is 0.143 e. The highest BCUT2D eigenvalue weighted by Gasteiger charge is 2.25. The Labute approximate surface area is 101 Å². The fourth-order valence-electron chi connectivity index (χ4n) is 2.63. The third-order valence-electron chi connectivity index (χ3n) is 3.75. The number of aromatic nitrogens is 3. The first-order valence-corrected chi connectivity index (χ1v) is 6.23. The van der Waals surface area contributed by atoms with Crippen molar-refractivity contribution in [2.75, 3.05) is 0 Å². The Morgan fingerprint density at radius 2 is 2.18 bits per heavy atom. The Morgan fingerprint density at radius 1 is 1.41 bits per heavy atom. The van der Waals surface area contributed by atoms with E-state index in [1.165, 1.54) is 35.9 Å². The molecular weight excluding hydrogens is 212 g/mol. The standard InChI is InChI=1S/C13H18N4/c1-8-15-12(9-4-3-5-9)11-10(6-14)7-17(2)13(11)16-8/h7,9H,3-6,14H2,1-2H3. The molecule has 0 aromatic carbocycles. The van der Waals surface area contributed by atoms with Gasteiger partial charge in [0.05, 0.1) is 5.69 Å². The molecule has 1 saturated carbocycles. The van der Waals surface area contributed by atoms with Crippen LogP contribution in [0, 0.1) is 6.92 Å². The molecule has 17 heavy (non-hydrogen) atoms. The number of nitrogens with two attached hydrogens (primary N) is 1. The highest BCUT2D eigenvalue weighted by atomic mass is 15.0. The van der Waals surface area contributed by atoms with E-state index in [2.05, 4.69) is 20.7 Å². The maximum absolute atomic E-state index is 5.83. The summed E-state index contributed by atoms with van der Waals surface area (Å²) in [4.78, 5) is 9.21. The molecule has 3 rings (SSSR count). The van der Waals surface area contributed by atoms with Crippen molar-refractivity contribution in [2.24, 2.45) is 12.8 Å². The lowest BCUT2D eigenvalue weighted by Crippen LogP contribution is -2.13. The molecule has 1 fully saturated rings. The average Bonchev–Trinajstić information content (AvgIpc) is 2.53. The summed E-state index contributed by atoms with van der Waals surface area (Å²) in [6, 6.07) is 0. The molecular formula is C13H18N4. The van der Waals surface area contributed by atoms with E-state index in [1.54, 1.807) is 0 Å². The van der Waals surface area contributed by atoms with Crippen molar-refractivity contribution < 1.29 is 0 Å². The monoisotopic (exact) mass is 230 g/mol. The lowest BCUT2D eigenvalue weighted by atomic mass is 9.81. The molecule has 0 aliphatic heterocycles. The third kappa shape index (κ3) is 1.55. The van der Waals surface area contributed by atoms with Crippen LogP contribution in [0.25, 0.3) is 11.0 Å². The highest BCUT2D eigenvalue weighted by Crippen LogP contribution is 2.39. The molecule has 0 bridgehead atoms. The highest BCUT2D eigenvalue weighted by molar-refractivity contribution is 5.83. The predicted octanol–water partition coefficient (Wildman–Crippen LogP) is 2.00. The number of nitrogens with zero attached hydrogens (tertiary/aromatic N) is 3. The molecule has 1 aliphatic carbocycles. The van der Waals surface area contributed by atoms with Gasteiger partial charge in [-0.05, 0) is 25.3 Å². The Hall–Kier alpha value is -1.42. The average molecular weight is 230 g/mol. The van der Waals surface area contributed by atoms with Crippen molar-refractivity contribution in [3.05, 3.63) is 23.3 Å². The van der Waals surface area contributed by atoms with Gasteiger partial charge in [-0.25, -0.2) is 9.97 Å². The Kier molecular flexibility index (Phi) is 2.40. The van der Waals surface area contributed by atoms with E-state index in [1.807, 2.05) is 14.0 Å². The summed E-state index contributed by atoms with van der Waals surface area (Å²) in [5.74, 6) is 1.48. The summed E-state index contributed by atoms with van der Waals surface area (Å²) in [6.45, 7) is 2.53. The van der Waals surface area contributed by atoms with Gasteiger partial charge in [-0.15, -0.1) is 0 Å². The van der Waals surface area contributed by atoms with E-state index in [9.17, 15) is 0 Å². The lowest BCUT2D eigenvalue weighted by molar-refractivity contribution is 0.413. The van der Waals surface area contributed by atoms with E-state index in [0.29, 0.717) is 12.5 Å². The Bertz CT molecular complexity index is 566. The van der Waals surface area contributed by atoms with Crippen molar-refractivity contribution in [1.82, 2.24) is 14.5 Å². The van der Waals surface area contributed by atoms with Crippen molar-refractivity contribution in [3.8, 4) is 0 Å². The first kappa shape index (κ1) is 10.7. The number of aryl methyl sites for hydroxylation is 2. The zero-order valence-electron chi connectivity index (χ0n) is 10.4. The summed E-state index contributed by atoms with van der Waals surface area (Å²) in [5, 5.41) is 1.20. The van der Waals surface area contributed by atoms with Gasteiger partial charge in [0.25, 0.3) is 0 Å². The summed E-state index contributed by atoms with van der Waals surface area (Å²) in [6.07, 6.45) is 5.91. The SMILES string of the molecule is Cc1nc(C2CCC2)c2c(CN)cn(C)c2n1. The summed E-state index contributed by atoms with van der Waals surface area (Å²) >= 11 is 0. The quantitative estimate of drug-likeness (QED) is 0.858. The number of rotatable bonds is 2. The van der Waals surface area contributed by atoms with Crippen LogP contribution >= 0.6 is 0 Å². The van der Waals surface area contributed by atoms with Crippen LogP contribution in [0.4, 0.5) is 0 Å². The van der Waals surface area contributed by atoms with Gasteiger partial charge in [0.1, 0.15) is 11.5 Å². The lowest BCUT2D eigenvalue weighted by Gasteiger charge is -2.25. The minimum Gasteiger partial charge on any atom is -0.335 e. The van der Waals surface area contributed by atoms with Gasteiger partial charge in [-0.1, -0.05) is 6.42 Å². The molecule has 0 atom stereocenters. The van der Waals surface area contributed by atoms with Crippen LogP contribution in [-0.4, -0.2) is 14.5 Å². The molecule has 0 unspecified atom stereocenters. The molecule has 2 aromatic rings. The minimum absolute atomic E-state index is 0.559. The normalized spacial score (nSPS) is 16.4. The van der Waals surface area contributed by atoms with Crippen LogP contribution in [-0.2, 0) is 13.6 Å². The van der Waals surface area contributed by atoms with E-state index < -0.39 is 0 Å². The number of hydrogen-bond acceptors (Lipinski definition) is 3. The smallest absolute Gasteiger partial charge is 0.143 e. The molecule has 0 radical (unpaired) electrons. The van der Waals surface area contributed by atoms with Gasteiger partial charge in [0.2, 0.25) is 0 Å². The van der Waals surface area contributed by atoms with Gasteiger partial charge in [-0.2, -0.15) is 0 Å². The Morgan fingerprint density at radius 3 is 2.76 bits per heavy atom. The second kappa shape index (κ2) is 3.81. The fraction of sp³-hybridized carbons (Fsp3) is 0.538. The van der Waals surface area contributed by atoms with Crippen molar-refractivity contribution in [3.63, 3.8) is 0 Å². The predicted molar refractivity (Wildman–Crippen MR) is 67.7 cm³/mol. The van der Waals surface area contributed by atoms with E-state index in [4.69, 9.17) is 5.73 Å². The van der Waals surface area contributed by atoms with Crippen molar-refractivity contribution in [1.29, 1.82) is 0 Å². The molecule has 0 spiro atoms. The number of hydrogen-bond donors (Lipinski definition) is 1. The van der Waals surface area contributed by atoms with E-state index in [0.717, 1.165) is 11.5 Å². The maximum atomic E-state index is 5.83. The first-order valence-electron chi connectivity index (χ1n) is 6.23. The summed E-state index contributed by atoms with van der Waals surface area (Å²) < 4.78 is 2.06. The van der Waals surface area contributed by atoms with E-state index >= 15 is 0 Å². The largest absolute Gasteiger partial charge is 0.335 e. The topological polar surface area (TPSA) is 56.7 Å². The van der Waals surface area contributed by atoms with Crippen LogP contribution in [0.15, 0.2) is 6.20 Å². The van der Waals surface area contributed by atoms with Crippen LogP contribution in [0.2, 0.25) is 0 Å². The molecule has 90 valence electrons. The molecule has 0 saturated heterocycles. The fourth-order valence-corrected chi connectivity index (χ4v) is 2.63. The molecule has 2 N–H and O–H groups in total. The molecule has 2 aromatic heterocycles. The van der Waals surface area contributed by atoms with Crippen LogP contribution in [0.1, 0.15) is 42.3 Å². The van der Waals surface area contributed by atoms with Crippen LogP contribution < -0.4 is 5.73 Å². The van der Waals surface area contributed by atoms with Crippen LogP contribution in [0.5, 0.6) is 0 Å². The first-order chi connectivity index (χ1) is 8.20. The van der Waals surface area contributed by atoms with Crippen LogP contribution in [0.3, 0.4) is 0 Å². The second-order valence-corrected chi connectivity index (χ2v) is 4.95. The third-order valence-corrected chi connectivity index (χ3v) is 3.75. The molecule has 4 nitrogen and oxygen atoms in total. The van der Waals surface area contributed by atoms with Gasteiger partial charge in [0, 0.05) is 31.1 Å². The second-order valence-electron chi connectivity index (χ2n) is 4.95. The van der Waals surface area contributed by atoms with Crippen molar-refractivity contribution in [2.45, 2.75) is 38.6 Å². The minimum atomic E-state index is 0.559. The summed E-state index contributed by atoms with van der Waals surface area (Å²) in [5.41, 5.74) is 9.25. The van der Waals surface area contributed by atoms with Gasteiger partial charge >= 0.3 is 0 Å². The zero-order valence-corrected chi connectivity index (χ0v) is 10.4. The van der Waals surface area contributed by atoms with Gasteiger partial charge in [-0.3, -0.25) is 0 Å². The molecule has 2 heterocycles. The molecule has 1 aliphatic rings. The van der Waals surface area contributed by atoms with Gasteiger partial charge < -0.3 is 10.3 Å². The van der Waals surface area contributed by atoms with E-state index in [-0.39, 0.29) is 0 Å². The summed E-state index contributed by atoms with van der Waals surface area (Å²) in [7, 11) is 2.03. The molecule has 4 heteroatoms.